The molecule has 8 atom stereocenters. The van der Waals surface area contributed by atoms with Crippen LogP contribution in [0.1, 0.15) is 136 Å². The Morgan fingerprint density at radius 1 is 0.800 bits per heavy atom. The summed E-state index contributed by atoms with van der Waals surface area (Å²) in [5.41, 5.74) is 0. The van der Waals surface area contributed by atoms with Gasteiger partial charge < -0.3 is 40.3 Å². The average molecular weight is 738 g/mol. The highest BCUT2D eigenvalue weighted by Gasteiger charge is 2.48. The van der Waals surface area contributed by atoms with Gasteiger partial charge in [-0.25, -0.2) is 4.18 Å². The number of aliphatic hydroxyl groups excluding tert-OH is 5. The van der Waals surface area contributed by atoms with E-state index in [1.807, 2.05) is 0 Å². The summed E-state index contributed by atoms with van der Waals surface area (Å²) >= 11 is 0. The monoisotopic (exact) mass is 737 g/mol. The maximum Gasteiger partial charge on any atom is 0.397 e. The van der Waals surface area contributed by atoms with Crippen molar-refractivity contribution < 1.29 is 57.0 Å². The number of allylic oxidation sites excluding steroid dienone is 3. The summed E-state index contributed by atoms with van der Waals surface area (Å²) in [5.74, 6) is -0.717. The fourth-order valence-electron chi connectivity index (χ4n) is 5.77. The molecule has 0 saturated carbocycles. The van der Waals surface area contributed by atoms with Gasteiger partial charge in [0.25, 0.3) is 0 Å². The third-order valence-corrected chi connectivity index (χ3v) is 9.31. The summed E-state index contributed by atoms with van der Waals surface area (Å²) in [5, 5.41) is 54.7. The Hall–Kier alpha value is -1.46. The molecule has 0 bridgehead atoms. The zero-order chi connectivity index (χ0) is 37.2. The van der Waals surface area contributed by atoms with Gasteiger partial charge in [0.1, 0.15) is 30.5 Å². The summed E-state index contributed by atoms with van der Waals surface area (Å²) in [4.78, 5) is 13.0. The number of rotatable bonds is 30. The lowest BCUT2D eigenvalue weighted by atomic mass is 9.99. The molecule has 1 fully saturated rings. The highest BCUT2D eigenvalue weighted by molar-refractivity contribution is 7.80. The van der Waals surface area contributed by atoms with E-state index >= 15 is 0 Å². The van der Waals surface area contributed by atoms with E-state index in [2.05, 4.69) is 35.5 Å². The molecule has 1 aliphatic heterocycles. The number of ether oxygens (including phenoxy) is 2. The molecule has 0 aliphatic carbocycles. The first-order valence-corrected chi connectivity index (χ1v) is 20.2. The van der Waals surface area contributed by atoms with E-state index in [4.69, 9.17) is 14.0 Å². The second-order valence-corrected chi connectivity index (χ2v) is 14.3. The molecule has 1 saturated heterocycles. The maximum atomic E-state index is 13.0. The van der Waals surface area contributed by atoms with Crippen molar-refractivity contribution in [2.45, 2.75) is 185 Å². The van der Waals surface area contributed by atoms with Gasteiger partial charge in [0.2, 0.25) is 5.91 Å². The van der Waals surface area contributed by atoms with E-state index in [0.717, 1.165) is 38.5 Å². The first-order chi connectivity index (χ1) is 23.9. The molecular weight excluding hydrogens is 670 g/mol. The molecule has 0 aromatic carbocycles. The molecule has 0 spiro atoms. The number of carbonyl (C=O) groups excluding carboxylic acids is 1. The van der Waals surface area contributed by atoms with Crippen LogP contribution in [-0.4, -0.2) is 107 Å². The van der Waals surface area contributed by atoms with E-state index < -0.39 is 78.5 Å². The largest absolute Gasteiger partial charge is 0.397 e. The Balaban J connectivity index is 2.75. The minimum Gasteiger partial charge on any atom is -0.394 e. The van der Waals surface area contributed by atoms with Gasteiger partial charge in [0.15, 0.2) is 6.29 Å². The van der Waals surface area contributed by atoms with Crippen LogP contribution in [0.4, 0.5) is 0 Å². The van der Waals surface area contributed by atoms with Crippen molar-refractivity contribution in [2.75, 3.05) is 13.2 Å². The fraction of sp³-hybridized carbons (Fsp3) is 0.861. The topological polar surface area (TPSA) is 212 Å². The Labute approximate surface area is 300 Å². The minimum atomic E-state index is -5.11. The van der Waals surface area contributed by atoms with Crippen molar-refractivity contribution in [3.05, 3.63) is 24.3 Å². The van der Waals surface area contributed by atoms with Gasteiger partial charge in [-0.3, -0.25) is 9.35 Å². The quantitative estimate of drug-likeness (QED) is 0.0311. The smallest absolute Gasteiger partial charge is 0.394 e. The standard InChI is InChI=1S/C36H67NO12S/c1-3-5-7-9-11-13-15-17-19-21-23-25-30(40)35(43)37-28(29(39)24-22-20-18-16-14-12-10-8-6-4-2)27-47-36-33(42)34(49-50(44,45)46)32(41)31(26-38)48-36/h14,16,22,24,28-34,36,38-42H,3-13,15,17-21,23,25-27H2,1-2H3,(H,37,43)(H,44,45,46)/b16-14+,24-22+. The zero-order valence-corrected chi connectivity index (χ0v) is 31.1. The van der Waals surface area contributed by atoms with Crippen molar-refractivity contribution in [3.63, 3.8) is 0 Å². The Kier molecular flexibility index (Phi) is 26.2. The van der Waals surface area contributed by atoms with Crippen molar-refractivity contribution in [2.24, 2.45) is 0 Å². The molecule has 1 heterocycles. The average Bonchev–Trinajstić information content (AvgIpc) is 3.08. The molecule has 0 aromatic rings. The minimum absolute atomic E-state index is 0.238. The highest BCUT2D eigenvalue weighted by atomic mass is 32.3. The zero-order valence-electron chi connectivity index (χ0n) is 30.3. The highest BCUT2D eigenvalue weighted by Crippen LogP contribution is 2.26. The van der Waals surface area contributed by atoms with E-state index in [1.54, 1.807) is 6.08 Å². The Bertz CT molecular complexity index is 1030. The second kappa shape index (κ2) is 28.1. The second-order valence-electron chi connectivity index (χ2n) is 13.3. The van der Waals surface area contributed by atoms with Gasteiger partial charge in [0.05, 0.1) is 25.4 Å². The Morgan fingerprint density at radius 2 is 1.34 bits per heavy atom. The van der Waals surface area contributed by atoms with Gasteiger partial charge in [0, 0.05) is 0 Å². The van der Waals surface area contributed by atoms with Crippen molar-refractivity contribution >= 4 is 16.3 Å². The van der Waals surface area contributed by atoms with E-state index in [1.165, 1.54) is 70.3 Å². The molecule has 14 heteroatoms. The first-order valence-electron chi connectivity index (χ1n) is 18.8. The fourth-order valence-corrected chi connectivity index (χ4v) is 6.28. The molecule has 294 valence electrons. The first kappa shape index (κ1) is 46.6. The van der Waals surface area contributed by atoms with Gasteiger partial charge in [-0.05, 0) is 32.1 Å². The summed E-state index contributed by atoms with van der Waals surface area (Å²) < 4.78 is 47.1. The number of hydrogen-bond donors (Lipinski definition) is 7. The summed E-state index contributed by atoms with van der Waals surface area (Å²) in [6.45, 7) is 3.10. The third kappa shape index (κ3) is 21.2. The third-order valence-electron chi connectivity index (χ3n) is 8.84. The lowest BCUT2D eigenvalue weighted by Gasteiger charge is -2.41. The van der Waals surface area contributed by atoms with Crippen LogP contribution in [0.5, 0.6) is 0 Å². The molecule has 1 aliphatic rings. The number of nitrogens with one attached hydrogen (secondary N) is 1. The van der Waals surface area contributed by atoms with Crippen LogP contribution in [0.3, 0.4) is 0 Å². The summed E-state index contributed by atoms with van der Waals surface area (Å²) in [6.07, 6.45) is 15.8. The molecule has 8 unspecified atom stereocenters. The van der Waals surface area contributed by atoms with Crippen LogP contribution in [0, 0.1) is 0 Å². The van der Waals surface area contributed by atoms with Crippen molar-refractivity contribution in [3.8, 4) is 0 Å². The molecule has 1 rings (SSSR count). The molecule has 0 radical (unpaired) electrons. The van der Waals surface area contributed by atoms with E-state index in [0.29, 0.717) is 12.8 Å². The van der Waals surface area contributed by atoms with Crippen LogP contribution in [0.25, 0.3) is 0 Å². The van der Waals surface area contributed by atoms with Gasteiger partial charge in [-0.15, -0.1) is 0 Å². The molecular formula is C36H67NO12S. The number of hydrogen-bond acceptors (Lipinski definition) is 11. The van der Waals surface area contributed by atoms with Crippen molar-refractivity contribution in [1.82, 2.24) is 5.32 Å². The maximum absolute atomic E-state index is 13.0. The van der Waals surface area contributed by atoms with E-state index in [-0.39, 0.29) is 6.42 Å². The molecule has 0 aromatic heterocycles. The predicted molar refractivity (Wildman–Crippen MR) is 191 cm³/mol. The molecule has 50 heavy (non-hydrogen) atoms. The lowest BCUT2D eigenvalue weighted by molar-refractivity contribution is -0.298. The van der Waals surface area contributed by atoms with Gasteiger partial charge in [-0.1, -0.05) is 128 Å². The number of aliphatic hydroxyl groups is 5. The van der Waals surface area contributed by atoms with Crippen LogP contribution < -0.4 is 5.32 Å². The molecule has 13 nitrogen and oxygen atoms in total. The van der Waals surface area contributed by atoms with Crippen LogP contribution in [0.15, 0.2) is 24.3 Å². The normalized spacial score (nSPS) is 23.4. The van der Waals surface area contributed by atoms with Gasteiger partial charge >= 0.3 is 10.4 Å². The summed E-state index contributed by atoms with van der Waals surface area (Å²) in [6, 6.07) is -1.13. The van der Waals surface area contributed by atoms with Crippen LogP contribution >= 0.6 is 0 Å². The number of amides is 1. The molecule has 1 amide bonds. The van der Waals surface area contributed by atoms with Gasteiger partial charge in [-0.2, -0.15) is 8.42 Å². The Morgan fingerprint density at radius 3 is 1.92 bits per heavy atom. The number of carbonyl (C=O) groups is 1. The van der Waals surface area contributed by atoms with Crippen LogP contribution in [0.2, 0.25) is 0 Å². The van der Waals surface area contributed by atoms with Crippen LogP contribution in [-0.2, 0) is 28.9 Å². The predicted octanol–water partition coefficient (Wildman–Crippen LogP) is 4.40. The SMILES string of the molecule is CCCCCC/C=C/CC/C=C/C(O)C(COC1OC(CO)C(O)C(OS(=O)(=O)O)C1O)NC(=O)C(O)CCCCCCCCCCCCC. The molecule has 7 N–H and O–H groups in total. The van der Waals surface area contributed by atoms with E-state index in [9.17, 15) is 38.7 Å². The van der Waals surface area contributed by atoms with Crippen molar-refractivity contribution in [1.29, 1.82) is 0 Å². The number of unbranched alkanes of at least 4 members (excludes halogenated alkanes) is 15. The lowest BCUT2D eigenvalue weighted by Crippen LogP contribution is -2.61. The summed E-state index contributed by atoms with van der Waals surface area (Å²) in [7, 11) is -5.11.